The number of nitrogens with one attached hydrogen (secondary N) is 1. The molecule has 0 saturated carbocycles. The molecule has 1 N–H and O–H groups in total. The van der Waals surface area contributed by atoms with Crippen LogP contribution in [0.5, 0.6) is 0 Å². The summed E-state index contributed by atoms with van der Waals surface area (Å²) in [5.41, 5.74) is 2.58. The Morgan fingerprint density at radius 1 is 1.22 bits per heavy atom. The van der Waals surface area contributed by atoms with Gasteiger partial charge in [-0.3, -0.25) is 20.1 Å². The van der Waals surface area contributed by atoms with Crippen molar-refractivity contribution in [3.05, 3.63) is 58.2 Å². The van der Waals surface area contributed by atoms with E-state index in [1.165, 1.54) is 12.1 Å². The fourth-order valence-corrected chi connectivity index (χ4v) is 1.40. The van der Waals surface area contributed by atoms with Crippen molar-refractivity contribution in [3.8, 4) is 0 Å². The highest BCUT2D eigenvalue weighted by Crippen LogP contribution is 2.15. The molecule has 0 atom stereocenters. The maximum Gasteiger partial charge on any atom is 0.269 e. The SMILES string of the molecule is Cc1cnc(CNc2ccc([N+](=O)[O-])cc2)cn1. The standard InChI is InChI=1S/C12H12N4O2/c1-9-6-14-11(7-13-9)8-15-10-2-4-12(5-3-10)16(17)18/h2-7,15H,8H2,1H3. The van der Waals surface area contributed by atoms with Gasteiger partial charge in [0.1, 0.15) is 0 Å². The van der Waals surface area contributed by atoms with Crippen LogP contribution in [0.2, 0.25) is 0 Å². The number of anilines is 1. The maximum absolute atomic E-state index is 10.5. The lowest BCUT2D eigenvalue weighted by Crippen LogP contribution is -2.02. The quantitative estimate of drug-likeness (QED) is 0.659. The van der Waals surface area contributed by atoms with Crippen LogP contribution in [-0.4, -0.2) is 14.9 Å². The Bertz CT molecular complexity index is 537. The summed E-state index contributed by atoms with van der Waals surface area (Å²) < 4.78 is 0. The number of hydrogen-bond acceptors (Lipinski definition) is 5. The Kier molecular flexibility index (Phi) is 3.47. The molecule has 92 valence electrons. The largest absolute Gasteiger partial charge is 0.379 e. The lowest BCUT2D eigenvalue weighted by Gasteiger charge is -2.05. The average molecular weight is 244 g/mol. The summed E-state index contributed by atoms with van der Waals surface area (Å²) in [6, 6.07) is 6.26. The Morgan fingerprint density at radius 3 is 2.50 bits per heavy atom. The van der Waals surface area contributed by atoms with E-state index >= 15 is 0 Å². The van der Waals surface area contributed by atoms with Crippen molar-refractivity contribution >= 4 is 11.4 Å². The van der Waals surface area contributed by atoms with Crippen LogP contribution < -0.4 is 5.32 Å². The monoisotopic (exact) mass is 244 g/mol. The summed E-state index contributed by atoms with van der Waals surface area (Å²) in [6.45, 7) is 2.41. The first kappa shape index (κ1) is 12.0. The van der Waals surface area contributed by atoms with Gasteiger partial charge in [-0.05, 0) is 19.1 Å². The second-order valence-electron chi connectivity index (χ2n) is 3.81. The smallest absolute Gasteiger partial charge is 0.269 e. The molecule has 1 heterocycles. The number of non-ortho nitro benzene ring substituents is 1. The number of hydrogen-bond donors (Lipinski definition) is 1. The van der Waals surface area contributed by atoms with E-state index in [9.17, 15) is 10.1 Å². The minimum absolute atomic E-state index is 0.0793. The normalized spacial score (nSPS) is 10.1. The fourth-order valence-electron chi connectivity index (χ4n) is 1.40. The van der Waals surface area contributed by atoms with E-state index in [-0.39, 0.29) is 5.69 Å². The number of rotatable bonds is 4. The lowest BCUT2D eigenvalue weighted by atomic mass is 10.3. The Balaban J connectivity index is 1.97. The summed E-state index contributed by atoms with van der Waals surface area (Å²) in [4.78, 5) is 18.4. The molecule has 0 bridgehead atoms. The third kappa shape index (κ3) is 3.00. The van der Waals surface area contributed by atoms with Gasteiger partial charge in [0.25, 0.3) is 5.69 Å². The third-order valence-electron chi connectivity index (χ3n) is 2.39. The number of benzene rings is 1. The molecule has 0 aliphatic carbocycles. The number of nitrogens with zero attached hydrogens (tertiary/aromatic N) is 3. The van der Waals surface area contributed by atoms with Crippen LogP contribution in [0, 0.1) is 17.0 Å². The van der Waals surface area contributed by atoms with Gasteiger partial charge in [-0.25, -0.2) is 0 Å². The van der Waals surface area contributed by atoms with Crippen molar-refractivity contribution in [2.45, 2.75) is 13.5 Å². The molecule has 2 rings (SSSR count). The average Bonchev–Trinajstić information content (AvgIpc) is 2.38. The van der Waals surface area contributed by atoms with Crippen LogP contribution in [0.15, 0.2) is 36.7 Å². The minimum atomic E-state index is -0.421. The van der Waals surface area contributed by atoms with Gasteiger partial charge in [0.05, 0.1) is 29.1 Å². The number of nitro benzene ring substituents is 1. The van der Waals surface area contributed by atoms with E-state index in [0.29, 0.717) is 6.54 Å². The van der Waals surface area contributed by atoms with E-state index in [0.717, 1.165) is 17.1 Å². The molecule has 0 amide bonds. The van der Waals surface area contributed by atoms with Crippen molar-refractivity contribution in [1.82, 2.24) is 9.97 Å². The van der Waals surface area contributed by atoms with Crippen molar-refractivity contribution < 1.29 is 4.92 Å². The molecule has 0 saturated heterocycles. The van der Waals surface area contributed by atoms with Gasteiger partial charge in [-0.2, -0.15) is 0 Å². The van der Waals surface area contributed by atoms with Crippen LogP contribution in [0.25, 0.3) is 0 Å². The van der Waals surface area contributed by atoms with Crippen LogP contribution in [-0.2, 0) is 6.54 Å². The summed E-state index contributed by atoms with van der Waals surface area (Å²) >= 11 is 0. The molecular weight excluding hydrogens is 232 g/mol. The predicted molar refractivity (Wildman–Crippen MR) is 67.2 cm³/mol. The highest BCUT2D eigenvalue weighted by atomic mass is 16.6. The van der Waals surface area contributed by atoms with E-state index in [1.807, 2.05) is 6.92 Å². The molecule has 6 heteroatoms. The predicted octanol–water partition coefficient (Wildman–Crippen LogP) is 2.31. The first-order valence-electron chi connectivity index (χ1n) is 5.41. The molecule has 0 spiro atoms. The molecule has 1 aromatic heterocycles. The zero-order valence-corrected chi connectivity index (χ0v) is 9.83. The van der Waals surface area contributed by atoms with Gasteiger partial charge in [-0.15, -0.1) is 0 Å². The molecule has 0 unspecified atom stereocenters. The van der Waals surface area contributed by atoms with Crippen molar-refractivity contribution in [3.63, 3.8) is 0 Å². The summed E-state index contributed by atoms with van der Waals surface area (Å²) in [7, 11) is 0. The van der Waals surface area contributed by atoms with Gasteiger partial charge in [0, 0.05) is 24.0 Å². The van der Waals surface area contributed by atoms with Crippen molar-refractivity contribution in [2.24, 2.45) is 0 Å². The van der Waals surface area contributed by atoms with Gasteiger partial charge < -0.3 is 5.32 Å². The van der Waals surface area contributed by atoms with Crippen molar-refractivity contribution in [1.29, 1.82) is 0 Å². The summed E-state index contributed by atoms with van der Waals surface area (Å²) in [5, 5.41) is 13.6. The minimum Gasteiger partial charge on any atom is -0.379 e. The van der Waals surface area contributed by atoms with Crippen LogP contribution >= 0.6 is 0 Å². The molecule has 0 aliphatic rings. The lowest BCUT2D eigenvalue weighted by molar-refractivity contribution is -0.384. The molecule has 1 aromatic carbocycles. The highest BCUT2D eigenvalue weighted by Gasteiger charge is 2.03. The van der Waals surface area contributed by atoms with Gasteiger partial charge in [0.15, 0.2) is 0 Å². The Labute approximate surface area is 104 Å². The van der Waals surface area contributed by atoms with Crippen LogP contribution in [0.4, 0.5) is 11.4 Å². The van der Waals surface area contributed by atoms with Gasteiger partial charge in [0.2, 0.25) is 0 Å². The number of aryl methyl sites for hydroxylation is 1. The molecule has 0 aliphatic heterocycles. The first-order chi connectivity index (χ1) is 8.65. The molecule has 0 radical (unpaired) electrons. The first-order valence-corrected chi connectivity index (χ1v) is 5.41. The Morgan fingerprint density at radius 2 is 1.94 bits per heavy atom. The van der Waals surface area contributed by atoms with E-state index in [2.05, 4.69) is 15.3 Å². The molecule has 18 heavy (non-hydrogen) atoms. The summed E-state index contributed by atoms with van der Waals surface area (Å²) in [6.07, 6.45) is 3.40. The van der Waals surface area contributed by atoms with Crippen molar-refractivity contribution in [2.75, 3.05) is 5.32 Å². The third-order valence-corrected chi connectivity index (χ3v) is 2.39. The molecular formula is C12H12N4O2. The van der Waals surface area contributed by atoms with Crippen LogP contribution in [0.1, 0.15) is 11.4 Å². The maximum atomic E-state index is 10.5. The highest BCUT2D eigenvalue weighted by molar-refractivity contribution is 5.48. The van der Waals surface area contributed by atoms with Gasteiger partial charge >= 0.3 is 0 Å². The van der Waals surface area contributed by atoms with Gasteiger partial charge in [-0.1, -0.05) is 0 Å². The summed E-state index contributed by atoms with van der Waals surface area (Å²) in [5.74, 6) is 0. The number of nitro groups is 1. The second-order valence-corrected chi connectivity index (χ2v) is 3.81. The molecule has 6 nitrogen and oxygen atoms in total. The molecule has 0 fully saturated rings. The zero-order valence-electron chi connectivity index (χ0n) is 9.83. The van der Waals surface area contributed by atoms with E-state index in [1.54, 1.807) is 24.5 Å². The van der Waals surface area contributed by atoms with Crippen LogP contribution in [0.3, 0.4) is 0 Å². The fraction of sp³-hybridized carbons (Fsp3) is 0.167. The molecule has 2 aromatic rings. The second kappa shape index (κ2) is 5.22. The van der Waals surface area contributed by atoms with E-state index in [4.69, 9.17) is 0 Å². The zero-order chi connectivity index (χ0) is 13.0. The Hall–Kier alpha value is -2.50. The number of aromatic nitrogens is 2. The van der Waals surface area contributed by atoms with E-state index < -0.39 is 4.92 Å². The topological polar surface area (TPSA) is 81.0 Å².